The molecular weight excluding hydrogens is 210 g/mol. The monoisotopic (exact) mass is 229 g/mol. The zero-order valence-electron chi connectivity index (χ0n) is 10.00. The molecule has 3 nitrogen and oxygen atoms in total. The first kappa shape index (κ1) is 10.8. The Bertz CT molecular complexity index is 511. The molecule has 3 rings (SSSR count). The third kappa shape index (κ3) is 2.08. The topological polar surface area (TPSA) is 53.8 Å². The largest absolute Gasteiger partial charge is 0.357 e. The molecule has 90 valence electrons. The van der Waals surface area contributed by atoms with Gasteiger partial charge >= 0.3 is 0 Å². The average molecular weight is 229 g/mol. The summed E-state index contributed by atoms with van der Waals surface area (Å²) in [4.78, 5) is 3.48. The number of fused-ring (bicyclic) bond motifs is 1. The predicted octanol–water partition coefficient (Wildman–Crippen LogP) is 2.27. The second-order valence-corrected chi connectivity index (χ2v) is 4.89. The lowest BCUT2D eigenvalue weighted by molar-refractivity contribution is 0.337. The van der Waals surface area contributed by atoms with Crippen LogP contribution in [0.3, 0.4) is 0 Å². The van der Waals surface area contributed by atoms with E-state index >= 15 is 0 Å². The minimum Gasteiger partial charge on any atom is -0.357 e. The number of aromatic amines is 1. The summed E-state index contributed by atoms with van der Waals surface area (Å²) in [6.45, 7) is 1.52. The van der Waals surface area contributed by atoms with Gasteiger partial charge in [-0.3, -0.25) is 0 Å². The number of hydrogen-bond donors (Lipinski definition) is 3. The first-order valence-electron chi connectivity index (χ1n) is 6.40. The van der Waals surface area contributed by atoms with Crippen molar-refractivity contribution in [2.45, 2.75) is 38.4 Å². The molecule has 4 N–H and O–H groups in total. The van der Waals surface area contributed by atoms with E-state index in [4.69, 9.17) is 5.73 Å². The van der Waals surface area contributed by atoms with E-state index < -0.39 is 0 Å². The average Bonchev–Trinajstić information content (AvgIpc) is 2.69. The molecule has 0 radical (unpaired) electrons. The third-order valence-corrected chi connectivity index (χ3v) is 3.70. The quantitative estimate of drug-likeness (QED) is 0.753. The standard InChI is InChI=1S/C14H19N3/c15-8-11-4-1-3-10-7-13(17-14(10)11)9-16-12-5-2-6-12/h1,3-4,7,12,16-17H,2,5-6,8-9,15H2. The van der Waals surface area contributed by atoms with Crippen molar-refractivity contribution in [2.24, 2.45) is 5.73 Å². The van der Waals surface area contributed by atoms with Crippen molar-refractivity contribution >= 4 is 10.9 Å². The summed E-state index contributed by atoms with van der Waals surface area (Å²) in [5.74, 6) is 0. The Balaban J connectivity index is 1.80. The van der Waals surface area contributed by atoms with E-state index in [1.165, 1.54) is 41.4 Å². The SMILES string of the molecule is NCc1cccc2cc(CNC3CCC3)[nH]c12. The van der Waals surface area contributed by atoms with Crippen molar-refractivity contribution in [1.29, 1.82) is 0 Å². The fourth-order valence-corrected chi connectivity index (χ4v) is 2.41. The van der Waals surface area contributed by atoms with Crippen LogP contribution in [0.25, 0.3) is 10.9 Å². The lowest BCUT2D eigenvalue weighted by atomic mass is 9.93. The van der Waals surface area contributed by atoms with Crippen LogP contribution in [0.15, 0.2) is 24.3 Å². The van der Waals surface area contributed by atoms with Crippen LogP contribution in [-0.2, 0) is 13.1 Å². The van der Waals surface area contributed by atoms with Crippen LogP contribution in [0, 0.1) is 0 Å². The van der Waals surface area contributed by atoms with Crippen molar-refractivity contribution in [2.75, 3.05) is 0 Å². The molecule has 0 amide bonds. The lowest BCUT2D eigenvalue weighted by Crippen LogP contribution is -2.34. The van der Waals surface area contributed by atoms with E-state index in [0.717, 1.165) is 12.6 Å². The van der Waals surface area contributed by atoms with Crippen LogP contribution in [0.1, 0.15) is 30.5 Å². The number of nitrogens with one attached hydrogen (secondary N) is 2. The van der Waals surface area contributed by atoms with Gasteiger partial charge < -0.3 is 16.0 Å². The Hall–Kier alpha value is -1.32. The highest BCUT2D eigenvalue weighted by molar-refractivity contribution is 5.83. The maximum Gasteiger partial charge on any atom is 0.0501 e. The molecule has 1 aliphatic rings. The summed E-state index contributed by atoms with van der Waals surface area (Å²) in [5.41, 5.74) is 9.39. The van der Waals surface area contributed by atoms with E-state index in [1.807, 2.05) is 0 Å². The highest BCUT2D eigenvalue weighted by Gasteiger charge is 2.16. The molecule has 17 heavy (non-hydrogen) atoms. The fraction of sp³-hybridized carbons (Fsp3) is 0.429. The number of hydrogen-bond acceptors (Lipinski definition) is 2. The summed E-state index contributed by atoms with van der Waals surface area (Å²) < 4.78 is 0. The summed E-state index contributed by atoms with van der Waals surface area (Å²) >= 11 is 0. The van der Waals surface area contributed by atoms with Crippen LogP contribution in [0.5, 0.6) is 0 Å². The number of aromatic nitrogens is 1. The van der Waals surface area contributed by atoms with E-state index in [9.17, 15) is 0 Å². The number of benzene rings is 1. The minimum atomic E-state index is 0.591. The van der Waals surface area contributed by atoms with Crippen molar-refractivity contribution in [3.63, 3.8) is 0 Å². The summed E-state index contributed by atoms with van der Waals surface area (Å²) in [6, 6.07) is 9.25. The van der Waals surface area contributed by atoms with E-state index in [2.05, 4.69) is 34.6 Å². The fourth-order valence-electron chi connectivity index (χ4n) is 2.41. The van der Waals surface area contributed by atoms with Crippen molar-refractivity contribution in [1.82, 2.24) is 10.3 Å². The minimum absolute atomic E-state index is 0.591. The molecule has 1 saturated carbocycles. The van der Waals surface area contributed by atoms with Crippen LogP contribution < -0.4 is 11.1 Å². The highest BCUT2D eigenvalue weighted by atomic mass is 14.9. The van der Waals surface area contributed by atoms with Gasteiger partial charge in [-0.1, -0.05) is 24.6 Å². The van der Waals surface area contributed by atoms with Gasteiger partial charge in [0.15, 0.2) is 0 Å². The summed E-state index contributed by atoms with van der Waals surface area (Å²) in [7, 11) is 0. The molecule has 1 fully saturated rings. The number of rotatable bonds is 4. The molecule has 0 spiro atoms. The Morgan fingerprint density at radius 2 is 2.24 bits per heavy atom. The maximum absolute atomic E-state index is 5.74. The van der Waals surface area contributed by atoms with Crippen LogP contribution in [-0.4, -0.2) is 11.0 Å². The van der Waals surface area contributed by atoms with Gasteiger partial charge in [-0.05, 0) is 24.5 Å². The Kier molecular flexibility index (Phi) is 2.87. The van der Waals surface area contributed by atoms with Gasteiger partial charge in [0.25, 0.3) is 0 Å². The van der Waals surface area contributed by atoms with Crippen LogP contribution in [0.2, 0.25) is 0 Å². The van der Waals surface area contributed by atoms with E-state index in [-0.39, 0.29) is 0 Å². The third-order valence-electron chi connectivity index (χ3n) is 3.70. The van der Waals surface area contributed by atoms with Gasteiger partial charge in [0, 0.05) is 30.2 Å². The molecule has 3 heteroatoms. The predicted molar refractivity (Wildman–Crippen MR) is 70.7 cm³/mol. The van der Waals surface area contributed by atoms with Gasteiger partial charge in [0.05, 0.1) is 5.52 Å². The second kappa shape index (κ2) is 4.51. The van der Waals surface area contributed by atoms with Crippen molar-refractivity contribution in [3.8, 4) is 0 Å². The number of nitrogens with two attached hydrogens (primary N) is 1. The van der Waals surface area contributed by atoms with Crippen molar-refractivity contribution in [3.05, 3.63) is 35.5 Å². The Morgan fingerprint density at radius 3 is 2.94 bits per heavy atom. The molecular formula is C14H19N3. The number of H-pyrrole nitrogens is 1. The van der Waals surface area contributed by atoms with Crippen molar-refractivity contribution < 1.29 is 0 Å². The van der Waals surface area contributed by atoms with Crippen LogP contribution in [0.4, 0.5) is 0 Å². The molecule has 0 saturated heterocycles. The zero-order chi connectivity index (χ0) is 11.7. The Morgan fingerprint density at radius 1 is 1.35 bits per heavy atom. The summed E-state index contributed by atoms with van der Waals surface area (Å²) in [6.07, 6.45) is 4.03. The first-order valence-corrected chi connectivity index (χ1v) is 6.40. The lowest BCUT2D eigenvalue weighted by Gasteiger charge is -2.26. The second-order valence-electron chi connectivity index (χ2n) is 4.89. The molecule has 1 aromatic heterocycles. The molecule has 0 unspecified atom stereocenters. The van der Waals surface area contributed by atoms with E-state index in [0.29, 0.717) is 6.54 Å². The smallest absolute Gasteiger partial charge is 0.0501 e. The molecule has 0 atom stereocenters. The molecule has 0 bridgehead atoms. The van der Waals surface area contributed by atoms with Gasteiger partial charge in [-0.15, -0.1) is 0 Å². The van der Waals surface area contributed by atoms with E-state index in [1.54, 1.807) is 0 Å². The molecule has 1 aliphatic carbocycles. The Labute approximate surface area is 101 Å². The molecule has 1 heterocycles. The maximum atomic E-state index is 5.74. The van der Waals surface area contributed by atoms with Crippen LogP contribution >= 0.6 is 0 Å². The van der Waals surface area contributed by atoms with Gasteiger partial charge in [-0.25, -0.2) is 0 Å². The van der Waals surface area contributed by atoms with Gasteiger partial charge in [-0.2, -0.15) is 0 Å². The molecule has 2 aromatic rings. The zero-order valence-corrected chi connectivity index (χ0v) is 10.00. The van der Waals surface area contributed by atoms with Gasteiger partial charge in [0.2, 0.25) is 0 Å². The van der Waals surface area contributed by atoms with Gasteiger partial charge in [0.1, 0.15) is 0 Å². The highest BCUT2D eigenvalue weighted by Crippen LogP contribution is 2.21. The summed E-state index contributed by atoms with van der Waals surface area (Å²) in [5, 5.41) is 4.83. The normalized spacial score (nSPS) is 16.3. The molecule has 1 aromatic carbocycles. The first-order chi connectivity index (χ1) is 8.36. The number of para-hydroxylation sites is 1. The molecule has 0 aliphatic heterocycles.